The summed E-state index contributed by atoms with van der Waals surface area (Å²) in [6, 6.07) is 2.67. The summed E-state index contributed by atoms with van der Waals surface area (Å²) in [6.45, 7) is 0.559. The molecule has 2 rings (SSSR count). The highest BCUT2D eigenvalue weighted by molar-refractivity contribution is 5.99. The number of anilines is 1. The first-order valence-corrected chi connectivity index (χ1v) is 6.64. The number of nitrogens with one attached hydrogen (secondary N) is 2. The van der Waals surface area contributed by atoms with Crippen molar-refractivity contribution in [2.75, 3.05) is 11.9 Å². The SMILES string of the molecule is O=C(NCC1CCCC1)Nc1cc(F)ccc1C(=O)O. The van der Waals surface area contributed by atoms with Gasteiger partial charge in [0.05, 0.1) is 11.3 Å². The number of benzene rings is 1. The first-order valence-electron chi connectivity index (χ1n) is 6.64. The minimum atomic E-state index is -1.21. The Kier molecular flexibility index (Phi) is 4.55. The van der Waals surface area contributed by atoms with Gasteiger partial charge in [-0.25, -0.2) is 14.0 Å². The molecule has 1 aliphatic rings. The number of urea groups is 1. The van der Waals surface area contributed by atoms with Crippen LogP contribution in [-0.2, 0) is 0 Å². The van der Waals surface area contributed by atoms with Crippen LogP contribution in [0.5, 0.6) is 0 Å². The molecule has 108 valence electrons. The number of carbonyl (C=O) groups is 2. The molecule has 0 aromatic heterocycles. The van der Waals surface area contributed by atoms with E-state index in [9.17, 15) is 14.0 Å². The maximum Gasteiger partial charge on any atom is 0.337 e. The Bertz CT molecular complexity index is 513. The van der Waals surface area contributed by atoms with Crippen LogP contribution >= 0.6 is 0 Å². The van der Waals surface area contributed by atoms with Crippen LogP contribution in [0.1, 0.15) is 36.0 Å². The molecule has 0 aliphatic heterocycles. The van der Waals surface area contributed by atoms with Crippen molar-refractivity contribution in [1.29, 1.82) is 0 Å². The number of hydrogen-bond donors (Lipinski definition) is 3. The zero-order valence-corrected chi connectivity index (χ0v) is 11.0. The van der Waals surface area contributed by atoms with Gasteiger partial charge >= 0.3 is 12.0 Å². The van der Waals surface area contributed by atoms with Gasteiger partial charge in [-0.05, 0) is 37.0 Å². The second kappa shape index (κ2) is 6.36. The second-order valence-corrected chi connectivity index (χ2v) is 4.98. The summed E-state index contributed by atoms with van der Waals surface area (Å²) >= 11 is 0. The lowest BCUT2D eigenvalue weighted by Gasteiger charge is -2.13. The minimum absolute atomic E-state index is 0.0404. The summed E-state index contributed by atoms with van der Waals surface area (Å²) < 4.78 is 13.1. The summed E-state index contributed by atoms with van der Waals surface area (Å²) in [5, 5.41) is 14.1. The lowest BCUT2D eigenvalue weighted by molar-refractivity contribution is 0.0698. The zero-order chi connectivity index (χ0) is 14.5. The highest BCUT2D eigenvalue weighted by atomic mass is 19.1. The minimum Gasteiger partial charge on any atom is -0.478 e. The van der Waals surface area contributed by atoms with E-state index in [0.29, 0.717) is 12.5 Å². The van der Waals surface area contributed by atoms with Crippen LogP contribution < -0.4 is 10.6 Å². The maximum absolute atomic E-state index is 13.1. The Morgan fingerprint density at radius 2 is 2.00 bits per heavy atom. The fourth-order valence-electron chi connectivity index (χ4n) is 2.42. The first-order chi connectivity index (χ1) is 9.56. The van der Waals surface area contributed by atoms with E-state index in [1.807, 2.05) is 0 Å². The van der Waals surface area contributed by atoms with Gasteiger partial charge in [-0.1, -0.05) is 12.8 Å². The van der Waals surface area contributed by atoms with Crippen molar-refractivity contribution in [2.45, 2.75) is 25.7 Å². The van der Waals surface area contributed by atoms with Crippen molar-refractivity contribution in [2.24, 2.45) is 5.92 Å². The average Bonchev–Trinajstić information content (AvgIpc) is 2.89. The monoisotopic (exact) mass is 280 g/mol. The van der Waals surface area contributed by atoms with E-state index in [-0.39, 0.29) is 11.3 Å². The van der Waals surface area contributed by atoms with Gasteiger partial charge in [0.1, 0.15) is 5.82 Å². The van der Waals surface area contributed by atoms with Crippen LogP contribution in [0.2, 0.25) is 0 Å². The van der Waals surface area contributed by atoms with E-state index >= 15 is 0 Å². The summed E-state index contributed by atoms with van der Waals surface area (Å²) in [7, 11) is 0. The zero-order valence-electron chi connectivity index (χ0n) is 11.0. The number of carboxylic acid groups (broad SMARTS) is 1. The highest BCUT2D eigenvalue weighted by Gasteiger charge is 2.17. The predicted molar refractivity (Wildman–Crippen MR) is 72.3 cm³/mol. The molecule has 0 saturated heterocycles. The molecule has 1 saturated carbocycles. The molecule has 1 fully saturated rings. The number of rotatable bonds is 4. The van der Waals surface area contributed by atoms with Crippen molar-refractivity contribution in [3.63, 3.8) is 0 Å². The molecule has 1 aromatic carbocycles. The molecule has 3 N–H and O–H groups in total. The fraction of sp³-hybridized carbons (Fsp3) is 0.429. The van der Waals surface area contributed by atoms with Crippen LogP contribution in [0.25, 0.3) is 0 Å². The van der Waals surface area contributed by atoms with E-state index in [1.54, 1.807) is 0 Å². The van der Waals surface area contributed by atoms with Crippen LogP contribution in [-0.4, -0.2) is 23.7 Å². The van der Waals surface area contributed by atoms with Gasteiger partial charge in [0, 0.05) is 6.54 Å². The predicted octanol–water partition coefficient (Wildman–Crippen LogP) is 2.84. The molecular weight excluding hydrogens is 263 g/mol. The molecule has 0 unspecified atom stereocenters. The van der Waals surface area contributed by atoms with Crippen molar-refractivity contribution in [3.8, 4) is 0 Å². The molecule has 20 heavy (non-hydrogen) atoms. The number of aromatic carboxylic acids is 1. The van der Waals surface area contributed by atoms with Crippen LogP contribution in [0, 0.1) is 11.7 Å². The van der Waals surface area contributed by atoms with Crippen molar-refractivity contribution in [1.82, 2.24) is 5.32 Å². The van der Waals surface area contributed by atoms with Crippen LogP contribution in [0.3, 0.4) is 0 Å². The summed E-state index contributed by atoms with van der Waals surface area (Å²) in [4.78, 5) is 22.7. The standard InChI is InChI=1S/C14H17FN2O3/c15-10-5-6-11(13(18)19)12(7-10)17-14(20)16-8-9-3-1-2-4-9/h5-7,9H,1-4,8H2,(H,18,19)(H2,16,17,20). The van der Waals surface area contributed by atoms with Gasteiger partial charge in [-0.2, -0.15) is 0 Å². The second-order valence-electron chi connectivity index (χ2n) is 4.98. The molecule has 0 bridgehead atoms. The quantitative estimate of drug-likeness (QED) is 0.793. The van der Waals surface area contributed by atoms with E-state index < -0.39 is 17.8 Å². The van der Waals surface area contributed by atoms with E-state index in [2.05, 4.69) is 10.6 Å². The summed E-state index contributed by atoms with van der Waals surface area (Å²) in [5.74, 6) is -1.33. The third-order valence-corrected chi connectivity index (χ3v) is 3.49. The number of halogens is 1. The molecule has 2 amide bonds. The summed E-state index contributed by atoms with van der Waals surface area (Å²) in [6.07, 6.45) is 4.56. The lowest BCUT2D eigenvalue weighted by atomic mass is 10.1. The molecule has 1 aromatic rings. The van der Waals surface area contributed by atoms with Gasteiger partial charge in [0.15, 0.2) is 0 Å². The topological polar surface area (TPSA) is 78.4 Å². The molecular formula is C14H17FN2O3. The average molecular weight is 280 g/mol. The Balaban J connectivity index is 1.96. The largest absolute Gasteiger partial charge is 0.478 e. The molecule has 5 nitrogen and oxygen atoms in total. The van der Waals surface area contributed by atoms with Gasteiger partial charge in [0.2, 0.25) is 0 Å². The lowest BCUT2D eigenvalue weighted by Crippen LogP contribution is -2.32. The number of carbonyl (C=O) groups excluding carboxylic acids is 1. The number of amides is 2. The van der Waals surface area contributed by atoms with Crippen molar-refractivity contribution < 1.29 is 19.1 Å². The van der Waals surface area contributed by atoms with Gasteiger partial charge in [-0.15, -0.1) is 0 Å². The smallest absolute Gasteiger partial charge is 0.337 e. The van der Waals surface area contributed by atoms with E-state index in [0.717, 1.165) is 31.0 Å². The van der Waals surface area contributed by atoms with Gasteiger partial charge < -0.3 is 15.7 Å². The molecule has 0 spiro atoms. The normalized spacial score (nSPS) is 15.1. The summed E-state index contributed by atoms with van der Waals surface area (Å²) in [5.41, 5.74) is -0.177. The molecule has 1 aliphatic carbocycles. The third-order valence-electron chi connectivity index (χ3n) is 3.49. The molecule has 0 radical (unpaired) electrons. The number of hydrogen-bond acceptors (Lipinski definition) is 2. The van der Waals surface area contributed by atoms with Crippen LogP contribution in [0.15, 0.2) is 18.2 Å². The van der Waals surface area contributed by atoms with Crippen LogP contribution in [0.4, 0.5) is 14.9 Å². The third kappa shape index (κ3) is 3.69. The Morgan fingerprint density at radius 1 is 1.30 bits per heavy atom. The first kappa shape index (κ1) is 14.3. The van der Waals surface area contributed by atoms with Gasteiger partial charge in [0.25, 0.3) is 0 Å². The maximum atomic E-state index is 13.1. The Morgan fingerprint density at radius 3 is 2.65 bits per heavy atom. The van der Waals surface area contributed by atoms with Crippen molar-refractivity contribution >= 4 is 17.7 Å². The highest BCUT2D eigenvalue weighted by Crippen LogP contribution is 2.23. The van der Waals surface area contributed by atoms with E-state index in [4.69, 9.17) is 5.11 Å². The van der Waals surface area contributed by atoms with E-state index in [1.165, 1.54) is 12.8 Å². The number of carboxylic acids is 1. The Labute approximate surface area is 116 Å². The van der Waals surface area contributed by atoms with Gasteiger partial charge in [-0.3, -0.25) is 0 Å². The molecule has 6 heteroatoms. The fourth-order valence-corrected chi connectivity index (χ4v) is 2.42. The van der Waals surface area contributed by atoms with Crippen molar-refractivity contribution in [3.05, 3.63) is 29.6 Å². The Hall–Kier alpha value is -2.11. The molecule has 0 heterocycles. The molecule has 0 atom stereocenters.